The summed E-state index contributed by atoms with van der Waals surface area (Å²) >= 11 is 0. The first-order valence-electron chi connectivity index (χ1n) is 12.4. The molecule has 0 bridgehead atoms. The van der Waals surface area contributed by atoms with Gasteiger partial charge in [0.25, 0.3) is 0 Å². The molecule has 0 aliphatic heterocycles. The molecule has 0 fully saturated rings. The highest BCUT2D eigenvalue weighted by Crippen LogP contribution is 2.33. The van der Waals surface area contributed by atoms with Crippen molar-refractivity contribution in [2.45, 2.75) is 38.0 Å². The van der Waals surface area contributed by atoms with Gasteiger partial charge in [0.1, 0.15) is 0 Å². The van der Waals surface area contributed by atoms with Crippen LogP contribution in [0.2, 0.25) is 0 Å². The number of aliphatic hydroxyl groups is 1. The number of carbonyl (C=O) groups excluding carboxylic acids is 2. The summed E-state index contributed by atoms with van der Waals surface area (Å²) in [4.78, 5) is 27.7. The second-order valence-electron chi connectivity index (χ2n) is 9.24. The molecule has 3 rings (SSSR count). The molecule has 1 amide bonds. The summed E-state index contributed by atoms with van der Waals surface area (Å²) in [7, 11) is 2.77. The quantitative estimate of drug-likeness (QED) is 0.336. The lowest BCUT2D eigenvalue weighted by atomic mass is 9.82. The van der Waals surface area contributed by atoms with Crippen LogP contribution in [0.15, 0.2) is 78.9 Å². The molecule has 0 aliphatic rings. The zero-order valence-electron chi connectivity index (χ0n) is 21.7. The topological polar surface area (TPSA) is 76.1 Å². The molecule has 4 atom stereocenters. The van der Waals surface area contributed by atoms with Crippen LogP contribution in [0, 0.1) is 17.6 Å². The van der Waals surface area contributed by atoms with E-state index in [9.17, 15) is 23.5 Å². The first-order valence-corrected chi connectivity index (χ1v) is 12.4. The zero-order chi connectivity index (χ0) is 27.7. The van der Waals surface area contributed by atoms with Crippen LogP contribution < -0.4 is 0 Å². The minimum Gasteiger partial charge on any atom is -0.469 e. The van der Waals surface area contributed by atoms with E-state index >= 15 is 0 Å². The smallest absolute Gasteiger partial charge is 0.305 e. The number of amides is 1. The Morgan fingerprint density at radius 2 is 1.55 bits per heavy atom. The highest BCUT2D eigenvalue weighted by atomic mass is 19.2. The Kier molecular flexibility index (Phi) is 10.5. The SMILES string of the molecule is COC(=O)C[C@@H](COCc1ccccc1)[C@@H](C(=O)N(C)[C@H](C)[C@H](O)c1ccccc1)c1ccc(F)c(F)c1. The number of halogens is 2. The predicted octanol–water partition coefficient (Wildman–Crippen LogP) is 5.03. The maximum Gasteiger partial charge on any atom is 0.305 e. The van der Waals surface area contributed by atoms with Gasteiger partial charge in [-0.3, -0.25) is 9.59 Å². The lowest BCUT2D eigenvalue weighted by molar-refractivity contribution is -0.144. The number of aliphatic hydroxyl groups excluding tert-OH is 1. The van der Waals surface area contributed by atoms with Crippen LogP contribution in [0.3, 0.4) is 0 Å². The number of hydrogen-bond acceptors (Lipinski definition) is 5. The Hall–Kier alpha value is -3.62. The molecule has 0 aliphatic carbocycles. The number of carbonyl (C=O) groups is 2. The second-order valence-corrected chi connectivity index (χ2v) is 9.24. The maximum atomic E-state index is 14.3. The number of hydrogen-bond donors (Lipinski definition) is 1. The number of methoxy groups -OCH3 is 1. The fraction of sp³-hybridized carbons (Fsp3) is 0.333. The van der Waals surface area contributed by atoms with E-state index in [1.165, 1.54) is 25.1 Å². The summed E-state index contributed by atoms with van der Waals surface area (Å²) in [6.45, 7) is 1.90. The predicted molar refractivity (Wildman–Crippen MR) is 139 cm³/mol. The molecule has 0 saturated heterocycles. The highest BCUT2D eigenvalue weighted by molar-refractivity contribution is 5.85. The van der Waals surface area contributed by atoms with Crippen LogP contribution in [-0.2, 0) is 25.7 Å². The van der Waals surface area contributed by atoms with Crippen molar-refractivity contribution < 1.29 is 33.0 Å². The lowest BCUT2D eigenvalue weighted by Crippen LogP contribution is -2.44. The van der Waals surface area contributed by atoms with Crippen molar-refractivity contribution in [3.63, 3.8) is 0 Å². The first-order chi connectivity index (χ1) is 18.2. The number of esters is 1. The van der Waals surface area contributed by atoms with Crippen molar-refractivity contribution in [2.75, 3.05) is 20.8 Å². The van der Waals surface area contributed by atoms with Crippen molar-refractivity contribution >= 4 is 11.9 Å². The third kappa shape index (κ3) is 7.46. The lowest BCUT2D eigenvalue weighted by Gasteiger charge is -2.35. The van der Waals surface area contributed by atoms with Crippen LogP contribution in [-0.4, -0.2) is 48.7 Å². The molecule has 8 heteroatoms. The van der Waals surface area contributed by atoms with Gasteiger partial charge in [0, 0.05) is 13.0 Å². The van der Waals surface area contributed by atoms with Gasteiger partial charge in [0.15, 0.2) is 11.6 Å². The molecule has 1 N–H and O–H groups in total. The molecule has 38 heavy (non-hydrogen) atoms. The molecule has 6 nitrogen and oxygen atoms in total. The van der Waals surface area contributed by atoms with Crippen LogP contribution in [0.25, 0.3) is 0 Å². The Labute approximate surface area is 221 Å². The Balaban J connectivity index is 1.93. The van der Waals surface area contributed by atoms with Crippen molar-refractivity contribution in [3.8, 4) is 0 Å². The van der Waals surface area contributed by atoms with Gasteiger partial charge in [-0.25, -0.2) is 8.78 Å². The van der Waals surface area contributed by atoms with Gasteiger partial charge in [-0.1, -0.05) is 66.7 Å². The van der Waals surface area contributed by atoms with E-state index in [1.54, 1.807) is 31.2 Å². The van der Waals surface area contributed by atoms with Gasteiger partial charge in [-0.15, -0.1) is 0 Å². The molecule has 202 valence electrons. The Morgan fingerprint density at radius 1 is 0.921 bits per heavy atom. The average Bonchev–Trinajstić information content (AvgIpc) is 2.94. The average molecular weight is 526 g/mol. The van der Waals surface area contributed by atoms with E-state index in [-0.39, 0.29) is 25.2 Å². The zero-order valence-corrected chi connectivity index (χ0v) is 21.7. The summed E-state index contributed by atoms with van der Waals surface area (Å²) in [5.41, 5.74) is 1.72. The van der Waals surface area contributed by atoms with Crippen molar-refractivity contribution in [2.24, 2.45) is 5.92 Å². The van der Waals surface area contributed by atoms with Crippen LogP contribution >= 0.6 is 0 Å². The fourth-order valence-corrected chi connectivity index (χ4v) is 4.36. The van der Waals surface area contributed by atoms with E-state index in [2.05, 4.69) is 0 Å². The number of benzene rings is 3. The van der Waals surface area contributed by atoms with E-state index in [0.29, 0.717) is 5.56 Å². The third-order valence-corrected chi connectivity index (χ3v) is 6.70. The molecule has 0 aromatic heterocycles. The number of nitrogens with zero attached hydrogens (tertiary/aromatic N) is 1. The normalized spacial score (nSPS) is 14.3. The summed E-state index contributed by atoms with van der Waals surface area (Å²) in [6.07, 6.45) is -1.19. The monoisotopic (exact) mass is 525 g/mol. The van der Waals surface area contributed by atoms with Gasteiger partial charge in [-0.05, 0) is 35.7 Å². The highest BCUT2D eigenvalue weighted by Gasteiger charge is 2.37. The summed E-state index contributed by atoms with van der Waals surface area (Å²) < 4.78 is 38.9. The van der Waals surface area contributed by atoms with E-state index in [1.807, 2.05) is 36.4 Å². The summed E-state index contributed by atoms with van der Waals surface area (Å²) in [5.74, 6) is -5.04. The molecule has 0 saturated carbocycles. The fourth-order valence-electron chi connectivity index (χ4n) is 4.36. The van der Waals surface area contributed by atoms with E-state index in [0.717, 1.165) is 17.7 Å². The van der Waals surface area contributed by atoms with Crippen LogP contribution in [0.4, 0.5) is 8.78 Å². The number of ether oxygens (including phenoxy) is 2. The van der Waals surface area contributed by atoms with Crippen molar-refractivity contribution in [3.05, 3.63) is 107 Å². The number of likely N-dealkylation sites (N-methyl/N-ethyl adjacent to an activating group) is 1. The van der Waals surface area contributed by atoms with Crippen LogP contribution in [0.1, 0.15) is 42.1 Å². The minimum atomic E-state index is -1.11. The molecule has 0 heterocycles. The van der Waals surface area contributed by atoms with Crippen molar-refractivity contribution in [1.82, 2.24) is 4.90 Å². The Morgan fingerprint density at radius 3 is 2.16 bits per heavy atom. The third-order valence-electron chi connectivity index (χ3n) is 6.70. The van der Waals surface area contributed by atoms with Gasteiger partial charge < -0.3 is 19.5 Å². The molecular formula is C30H33F2NO5. The molecule has 0 unspecified atom stereocenters. The minimum absolute atomic E-state index is 0.0249. The molecule has 3 aromatic rings. The van der Waals surface area contributed by atoms with Crippen molar-refractivity contribution in [1.29, 1.82) is 0 Å². The Bertz CT molecular complexity index is 1190. The van der Waals surface area contributed by atoms with Crippen LogP contribution in [0.5, 0.6) is 0 Å². The standard InChI is InChI=1S/C30H33F2NO5/c1-20(29(35)22-12-8-5-9-13-22)33(2)30(36)28(23-14-15-25(31)26(32)16-23)24(17-27(34)37-3)19-38-18-21-10-6-4-7-11-21/h4-16,20,24,28-29,35H,17-19H2,1-3H3/t20-,24+,28+,29+/m1/s1. The second kappa shape index (κ2) is 13.8. The summed E-state index contributed by atoms with van der Waals surface area (Å²) in [6, 6.07) is 20.9. The maximum absolute atomic E-state index is 14.3. The first kappa shape index (κ1) is 28.9. The van der Waals surface area contributed by atoms with E-state index in [4.69, 9.17) is 9.47 Å². The largest absolute Gasteiger partial charge is 0.469 e. The van der Waals surface area contributed by atoms with Gasteiger partial charge in [0.2, 0.25) is 5.91 Å². The molecule has 0 spiro atoms. The van der Waals surface area contributed by atoms with Gasteiger partial charge in [0.05, 0.1) is 44.8 Å². The number of rotatable bonds is 12. The molecule has 3 aromatic carbocycles. The molecular weight excluding hydrogens is 492 g/mol. The summed E-state index contributed by atoms with van der Waals surface area (Å²) in [5, 5.41) is 10.9. The van der Waals surface area contributed by atoms with Gasteiger partial charge in [-0.2, -0.15) is 0 Å². The van der Waals surface area contributed by atoms with E-state index < -0.39 is 47.5 Å². The van der Waals surface area contributed by atoms with Gasteiger partial charge >= 0.3 is 5.97 Å². The molecule has 0 radical (unpaired) electrons.